The van der Waals surface area contributed by atoms with E-state index >= 15 is 0 Å². The van der Waals surface area contributed by atoms with Crippen LogP contribution in [-0.4, -0.2) is 42.8 Å². The van der Waals surface area contributed by atoms with Crippen LogP contribution in [0.1, 0.15) is 5.82 Å². The molecule has 0 spiro atoms. The number of hydrogen-bond donors (Lipinski definition) is 0. The van der Waals surface area contributed by atoms with Gasteiger partial charge in [0.05, 0.1) is 6.61 Å². The summed E-state index contributed by atoms with van der Waals surface area (Å²) in [5.41, 5.74) is 0. The van der Waals surface area contributed by atoms with Crippen LogP contribution in [0, 0.1) is 0 Å². The minimum atomic E-state index is -3.96. The van der Waals surface area contributed by atoms with Crippen LogP contribution < -0.4 is 0 Å². The molecular formula is C7H10ClF2N3O3S. The molecule has 17 heavy (non-hydrogen) atoms. The number of rotatable bonds is 6. The first-order chi connectivity index (χ1) is 7.82. The van der Waals surface area contributed by atoms with E-state index in [4.69, 9.17) is 10.7 Å². The molecule has 0 saturated carbocycles. The number of halogens is 3. The van der Waals surface area contributed by atoms with E-state index in [9.17, 15) is 17.2 Å². The van der Waals surface area contributed by atoms with Gasteiger partial charge in [-0.3, -0.25) is 0 Å². The van der Waals surface area contributed by atoms with E-state index < -0.39 is 22.1 Å². The minimum absolute atomic E-state index is 0.00134. The molecule has 0 amide bonds. The average molecular weight is 290 g/mol. The highest BCUT2D eigenvalue weighted by molar-refractivity contribution is 8.13. The normalized spacial score (nSPS) is 12.3. The van der Waals surface area contributed by atoms with E-state index in [1.807, 2.05) is 0 Å². The van der Waals surface area contributed by atoms with E-state index in [0.717, 1.165) is 0 Å². The summed E-state index contributed by atoms with van der Waals surface area (Å²) in [4.78, 5) is 0. The fraction of sp³-hybridized carbons (Fsp3) is 0.714. The van der Waals surface area contributed by atoms with Crippen LogP contribution in [0.4, 0.5) is 8.78 Å². The Hall–Kier alpha value is -0.800. The Balaban J connectivity index is 2.59. The summed E-state index contributed by atoms with van der Waals surface area (Å²) in [6.45, 7) is -0.669. The minimum Gasteiger partial charge on any atom is -0.375 e. The summed E-state index contributed by atoms with van der Waals surface area (Å²) in [6, 6.07) is 0. The molecule has 6 nitrogen and oxygen atoms in total. The maximum Gasteiger partial charge on any atom is 0.296 e. The van der Waals surface area contributed by atoms with Crippen molar-refractivity contribution >= 4 is 19.7 Å². The summed E-state index contributed by atoms with van der Waals surface area (Å²) in [7, 11) is 2.56. The predicted molar refractivity (Wildman–Crippen MR) is 54.6 cm³/mol. The third-order valence-electron chi connectivity index (χ3n) is 1.86. The van der Waals surface area contributed by atoms with Gasteiger partial charge in [-0.2, -0.15) is 0 Å². The second kappa shape index (κ2) is 5.69. The van der Waals surface area contributed by atoms with E-state index in [-0.39, 0.29) is 18.2 Å². The number of nitrogens with zero attached hydrogens (tertiary/aromatic N) is 3. The summed E-state index contributed by atoms with van der Waals surface area (Å²) in [6.07, 6.45) is -2.36. The monoisotopic (exact) mass is 289 g/mol. The van der Waals surface area contributed by atoms with Gasteiger partial charge in [0.15, 0.2) is 0 Å². The van der Waals surface area contributed by atoms with Crippen LogP contribution >= 0.6 is 10.7 Å². The van der Waals surface area contributed by atoms with Crippen LogP contribution in [0.5, 0.6) is 0 Å². The van der Waals surface area contributed by atoms with Gasteiger partial charge in [0.2, 0.25) is 0 Å². The first-order valence-electron chi connectivity index (χ1n) is 4.51. The van der Waals surface area contributed by atoms with E-state index in [2.05, 4.69) is 14.9 Å². The molecule has 1 aromatic heterocycles. The van der Waals surface area contributed by atoms with Gasteiger partial charge >= 0.3 is 0 Å². The summed E-state index contributed by atoms with van der Waals surface area (Å²) in [5.74, 6) is 0.290. The van der Waals surface area contributed by atoms with Gasteiger partial charge in [-0.05, 0) is 0 Å². The molecule has 0 fully saturated rings. The lowest BCUT2D eigenvalue weighted by Gasteiger charge is -2.03. The molecule has 0 atom stereocenters. The maximum atomic E-state index is 11.7. The fourth-order valence-electron chi connectivity index (χ4n) is 1.11. The molecule has 1 heterocycles. The molecule has 0 N–H and O–H groups in total. The lowest BCUT2D eigenvalue weighted by atomic mass is 10.4. The Morgan fingerprint density at radius 2 is 2.12 bits per heavy atom. The summed E-state index contributed by atoms with van der Waals surface area (Å²) >= 11 is 0. The lowest BCUT2D eigenvalue weighted by Crippen LogP contribution is -2.10. The zero-order valence-corrected chi connectivity index (χ0v) is 10.4. The van der Waals surface area contributed by atoms with Crippen molar-refractivity contribution in [1.29, 1.82) is 0 Å². The van der Waals surface area contributed by atoms with Crippen LogP contribution in [-0.2, 0) is 27.3 Å². The van der Waals surface area contributed by atoms with Gasteiger partial charge in [0.25, 0.3) is 20.6 Å². The van der Waals surface area contributed by atoms with Gasteiger partial charge < -0.3 is 9.30 Å². The molecule has 0 aromatic carbocycles. The van der Waals surface area contributed by atoms with Crippen molar-refractivity contribution in [3.8, 4) is 0 Å². The molecule has 10 heteroatoms. The van der Waals surface area contributed by atoms with E-state index in [1.54, 1.807) is 0 Å². The van der Waals surface area contributed by atoms with Gasteiger partial charge in [-0.15, -0.1) is 10.2 Å². The van der Waals surface area contributed by atoms with Crippen molar-refractivity contribution in [1.82, 2.24) is 14.8 Å². The number of ether oxygens (including phenoxy) is 1. The molecule has 0 bridgehead atoms. The SMILES string of the molecule is Cn1c(CCOCC(F)F)nnc1S(=O)(=O)Cl. The molecule has 0 saturated heterocycles. The summed E-state index contributed by atoms with van der Waals surface area (Å²) < 4.78 is 51.3. The van der Waals surface area contributed by atoms with Crippen molar-refractivity contribution in [3.63, 3.8) is 0 Å². The highest BCUT2D eigenvalue weighted by Gasteiger charge is 2.19. The number of aromatic nitrogens is 3. The Morgan fingerprint density at radius 1 is 1.47 bits per heavy atom. The van der Waals surface area contributed by atoms with Crippen molar-refractivity contribution in [2.24, 2.45) is 7.05 Å². The van der Waals surface area contributed by atoms with Crippen LogP contribution in [0.25, 0.3) is 0 Å². The molecule has 0 aliphatic heterocycles. The molecular weight excluding hydrogens is 280 g/mol. The molecule has 0 aliphatic rings. The quantitative estimate of drug-likeness (QED) is 0.565. The molecule has 1 rings (SSSR count). The lowest BCUT2D eigenvalue weighted by molar-refractivity contribution is 0.0181. The van der Waals surface area contributed by atoms with Crippen LogP contribution in [0.3, 0.4) is 0 Å². The predicted octanol–water partition coefficient (Wildman–Crippen LogP) is 0.567. The third kappa shape index (κ3) is 4.17. The highest BCUT2D eigenvalue weighted by Crippen LogP contribution is 2.12. The van der Waals surface area contributed by atoms with Crippen LogP contribution in [0.2, 0.25) is 0 Å². The standard InChI is InChI=1S/C7H10ClF2N3O3S/c1-13-6(2-3-16-4-5(9)10)11-12-7(13)17(8,14)15/h5H,2-4H2,1H3. The van der Waals surface area contributed by atoms with Crippen molar-refractivity contribution in [3.05, 3.63) is 5.82 Å². The fourth-order valence-corrected chi connectivity index (χ4v) is 2.08. The van der Waals surface area contributed by atoms with E-state index in [0.29, 0.717) is 5.82 Å². The number of hydrogen-bond acceptors (Lipinski definition) is 5. The Bertz CT molecular complexity index is 477. The Labute approximate surface area is 101 Å². The zero-order valence-electron chi connectivity index (χ0n) is 8.81. The third-order valence-corrected chi connectivity index (χ3v) is 3.06. The average Bonchev–Trinajstić information content (AvgIpc) is 2.54. The smallest absolute Gasteiger partial charge is 0.296 e. The van der Waals surface area contributed by atoms with Crippen LogP contribution in [0.15, 0.2) is 5.16 Å². The van der Waals surface area contributed by atoms with Gasteiger partial charge in [-0.1, -0.05) is 0 Å². The number of alkyl halides is 2. The van der Waals surface area contributed by atoms with Crippen molar-refractivity contribution in [2.45, 2.75) is 18.0 Å². The second-order valence-electron chi connectivity index (χ2n) is 3.11. The van der Waals surface area contributed by atoms with Gasteiger partial charge in [-0.25, -0.2) is 17.2 Å². The highest BCUT2D eigenvalue weighted by atomic mass is 35.7. The topological polar surface area (TPSA) is 74.1 Å². The largest absolute Gasteiger partial charge is 0.375 e. The van der Waals surface area contributed by atoms with Gasteiger partial charge in [0.1, 0.15) is 12.4 Å². The first-order valence-corrected chi connectivity index (χ1v) is 6.82. The Kier molecular flexibility index (Phi) is 4.78. The molecule has 0 aliphatic carbocycles. The maximum absolute atomic E-state index is 11.7. The second-order valence-corrected chi connectivity index (χ2v) is 5.57. The first kappa shape index (κ1) is 14.3. The van der Waals surface area contributed by atoms with Gasteiger partial charge in [0, 0.05) is 24.2 Å². The molecule has 0 radical (unpaired) electrons. The molecule has 1 aromatic rings. The van der Waals surface area contributed by atoms with Crippen molar-refractivity contribution < 1.29 is 21.9 Å². The Morgan fingerprint density at radius 3 is 2.59 bits per heavy atom. The molecule has 98 valence electrons. The molecule has 0 unspecified atom stereocenters. The zero-order chi connectivity index (χ0) is 13.1. The van der Waals surface area contributed by atoms with E-state index in [1.165, 1.54) is 11.6 Å². The van der Waals surface area contributed by atoms with Crippen molar-refractivity contribution in [2.75, 3.05) is 13.2 Å². The summed E-state index contributed by atoms with van der Waals surface area (Å²) in [5, 5.41) is 6.58.